The molecular formula is C18H30O4. The standard InChI is InChI=1S/C18H30O4/c1-13(2)9-21-17-7-16(12-20-6)18(22-10-14(3)4)8-15(17)11-19-5/h7-8,13-14H,9-12H2,1-6H3. The number of methoxy groups -OCH3 is 2. The van der Waals surface area contributed by atoms with E-state index in [0.29, 0.717) is 38.3 Å². The highest BCUT2D eigenvalue weighted by molar-refractivity contribution is 5.46. The summed E-state index contributed by atoms with van der Waals surface area (Å²) in [6.45, 7) is 10.9. The fraction of sp³-hybridized carbons (Fsp3) is 0.667. The van der Waals surface area contributed by atoms with Crippen molar-refractivity contribution < 1.29 is 18.9 Å². The predicted octanol–water partition coefficient (Wildman–Crippen LogP) is 4.05. The van der Waals surface area contributed by atoms with Gasteiger partial charge in [0.25, 0.3) is 0 Å². The average molecular weight is 310 g/mol. The molecule has 1 aromatic rings. The van der Waals surface area contributed by atoms with Gasteiger partial charge in [0.05, 0.1) is 26.4 Å². The molecule has 0 bridgehead atoms. The highest BCUT2D eigenvalue weighted by atomic mass is 16.5. The minimum atomic E-state index is 0.470. The second kappa shape index (κ2) is 9.70. The van der Waals surface area contributed by atoms with E-state index in [1.807, 2.05) is 12.1 Å². The Kier molecular flexibility index (Phi) is 8.28. The molecule has 0 unspecified atom stereocenters. The zero-order valence-electron chi connectivity index (χ0n) is 14.8. The summed E-state index contributed by atoms with van der Waals surface area (Å²) in [7, 11) is 3.37. The third-order valence-electron chi connectivity index (χ3n) is 2.99. The van der Waals surface area contributed by atoms with Crippen molar-refractivity contribution in [2.24, 2.45) is 11.8 Å². The van der Waals surface area contributed by atoms with Gasteiger partial charge in [-0.05, 0) is 24.0 Å². The molecule has 0 aliphatic heterocycles. The number of rotatable bonds is 10. The summed E-state index contributed by atoms with van der Waals surface area (Å²) >= 11 is 0. The van der Waals surface area contributed by atoms with Gasteiger partial charge in [-0.15, -0.1) is 0 Å². The summed E-state index contributed by atoms with van der Waals surface area (Å²) < 4.78 is 22.4. The van der Waals surface area contributed by atoms with Crippen LogP contribution in [0.25, 0.3) is 0 Å². The second-order valence-electron chi connectivity index (χ2n) is 6.34. The van der Waals surface area contributed by atoms with E-state index < -0.39 is 0 Å². The Balaban J connectivity index is 3.06. The Morgan fingerprint density at radius 1 is 0.727 bits per heavy atom. The Morgan fingerprint density at radius 2 is 1.09 bits per heavy atom. The van der Waals surface area contributed by atoms with Gasteiger partial charge in [0.2, 0.25) is 0 Å². The fourth-order valence-corrected chi connectivity index (χ4v) is 1.96. The van der Waals surface area contributed by atoms with Crippen molar-refractivity contribution in [1.82, 2.24) is 0 Å². The highest BCUT2D eigenvalue weighted by Crippen LogP contribution is 2.31. The van der Waals surface area contributed by atoms with E-state index in [1.165, 1.54) is 0 Å². The maximum Gasteiger partial charge on any atom is 0.125 e. The smallest absolute Gasteiger partial charge is 0.125 e. The van der Waals surface area contributed by atoms with E-state index in [0.717, 1.165) is 22.6 Å². The van der Waals surface area contributed by atoms with Crippen molar-refractivity contribution in [3.05, 3.63) is 23.3 Å². The van der Waals surface area contributed by atoms with Crippen LogP contribution in [0.3, 0.4) is 0 Å². The molecule has 4 heteroatoms. The Hall–Kier alpha value is -1.26. The van der Waals surface area contributed by atoms with Gasteiger partial charge in [-0.1, -0.05) is 27.7 Å². The molecule has 0 aromatic heterocycles. The molecule has 0 N–H and O–H groups in total. The molecule has 1 rings (SSSR count). The quantitative estimate of drug-likeness (QED) is 0.653. The third-order valence-corrected chi connectivity index (χ3v) is 2.99. The van der Waals surface area contributed by atoms with E-state index in [9.17, 15) is 0 Å². The van der Waals surface area contributed by atoms with Gasteiger partial charge in [-0.25, -0.2) is 0 Å². The molecule has 0 saturated heterocycles. The fourth-order valence-electron chi connectivity index (χ4n) is 1.96. The van der Waals surface area contributed by atoms with E-state index in [-0.39, 0.29) is 0 Å². The minimum Gasteiger partial charge on any atom is -0.493 e. The second-order valence-corrected chi connectivity index (χ2v) is 6.34. The molecule has 22 heavy (non-hydrogen) atoms. The largest absolute Gasteiger partial charge is 0.493 e. The highest BCUT2D eigenvalue weighted by Gasteiger charge is 2.13. The summed E-state index contributed by atoms with van der Waals surface area (Å²) in [4.78, 5) is 0. The number of hydrogen-bond donors (Lipinski definition) is 0. The van der Waals surface area contributed by atoms with Crippen LogP contribution in [0.4, 0.5) is 0 Å². The van der Waals surface area contributed by atoms with Crippen LogP contribution in [0.5, 0.6) is 11.5 Å². The lowest BCUT2D eigenvalue weighted by Gasteiger charge is -2.18. The Bertz CT molecular complexity index is 399. The van der Waals surface area contributed by atoms with Crippen LogP contribution in [0.2, 0.25) is 0 Å². The molecule has 0 aliphatic carbocycles. The van der Waals surface area contributed by atoms with E-state index in [1.54, 1.807) is 14.2 Å². The van der Waals surface area contributed by atoms with Crippen molar-refractivity contribution in [3.8, 4) is 11.5 Å². The Labute approximate surface area is 134 Å². The first-order chi connectivity index (χ1) is 10.5. The summed E-state index contributed by atoms with van der Waals surface area (Å²) in [5.74, 6) is 2.63. The monoisotopic (exact) mass is 310 g/mol. The normalized spacial score (nSPS) is 11.3. The van der Waals surface area contributed by atoms with Crippen LogP contribution in [-0.2, 0) is 22.7 Å². The van der Waals surface area contributed by atoms with Gasteiger partial charge >= 0.3 is 0 Å². The van der Waals surface area contributed by atoms with Crippen molar-refractivity contribution >= 4 is 0 Å². The van der Waals surface area contributed by atoms with E-state index in [4.69, 9.17) is 18.9 Å². The molecule has 0 heterocycles. The summed E-state index contributed by atoms with van der Waals surface area (Å²) in [5, 5.41) is 0. The van der Waals surface area contributed by atoms with Crippen molar-refractivity contribution in [2.45, 2.75) is 40.9 Å². The van der Waals surface area contributed by atoms with Gasteiger partial charge in [-0.3, -0.25) is 0 Å². The maximum atomic E-state index is 5.93. The first kappa shape index (κ1) is 18.8. The van der Waals surface area contributed by atoms with Gasteiger partial charge in [-0.2, -0.15) is 0 Å². The van der Waals surface area contributed by atoms with Crippen LogP contribution >= 0.6 is 0 Å². The molecule has 0 radical (unpaired) electrons. The minimum absolute atomic E-state index is 0.470. The molecule has 4 nitrogen and oxygen atoms in total. The number of benzene rings is 1. The summed E-state index contributed by atoms with van der Waals surface area (Å²) in [6, 6.07) is 4.02. The molecule has 0 saturated carbocycles. The van der Waals surface area contributed by atoms with Crippen LogP contribution < -0.4 is 9.47 Å². The van der Waals surface area contributed by atoms with Crippen molar-refractivity contribution in [2.75, 3.05) is 27.4 Å². The lowest BCUT2D eigenvalue weighted by molar-refractivity contribution is 0.171. The van der Waals surface area contributed by atoms with E-state index in [2.05, 4.69) is 27.7 Å². The van der Waals surface area contributed by atoms with E-state index >= 15 is 0 Å². The van der Waals surface area contributed by atoms with Gasteiger partial charge in [0.15, 0.2) is 0 Å². The van der Waals surface area contributed by atoms with Crippen LogP contribution in [-0.4, -0.2) is 27.4 Å². The summed E-state index contributed by atoms with van der Waals surface area (Å²) in [5.41, 5.74) is 2.00. The number of ether oxygens (including phenoxy) is 4. The lowest BCUT2D eigenvalue weighted by atomic mass is 10.1. The maximum absolute atomic E-state index is 5.93. The molecule has 0 atom stereocenters. The molecule has 126 valence electrons. The predicted molar refractivity (Wildman–Crippen MR) is 88.5 cm³/mol. The number of hydrogen-bond acceptors (Lipinski definition) is 4. The zero-order chi connectivity index (χ0) is 16.5. The van der Waals surface area contributed by atoms with Crippen LogP contribution in [0, 0.1) is 11.8 Å². The third kappa shape index (κ3) is 6.24. The van der Waals surface area contributed by atoms with Gasteiger partial charge < -0.3 is 18.9 Å². The Morgan fingerprint density at radius 3 is 1.36 bits per heavy atom. The molecule has 0 spiro atoms. The van der Waals surface area contributed by atoms with Crippen LogP contribution in [0.15, 0.2) is 12.1 Å². The SMILES string of the molecule is COCc1cc(OCC(C)C)c(COC)cc1OCC(C)C. The van der Waals surface area contributed by atoms with Gasteiger partial charge in [0.1, 0.15) is 11.5 Å². The van der Waals surface area contributed by atoms with Crippen molar-refractivity contribution in [1.29, 1.82) is 0 Å². The zero-order valence-corrected chi connectivity index (χ0v) is 14.8. The topological polar surface area (TPSA) is 36.9 Å². The molecule has 0 amide bonds. The molecule has 1 aromatic carbocycles. The summed E-state index contributed by atoms with van der Waals surface area (Å²) in [6.07, 6.45) is 0. The first-order valence-electron chi connectivity index (χ1n) is 7.87. The first-order valence-corrected chi connectivity index (χ1v) is 7.87. The van der Waals surface area contributed by atoms with Crippen LogP contribution in [0.1, 0.15) is 38.8 Å². The molecule has 0 fully saturated rings. The average Bonchev–Trinajstić information content (AvgIpc) is 2.45. The van der Waals surface area contributed by atoms with Crippen molar-refractivity contribution in [3.63, 3.8) is 0 Å². The van der Waals surface area contributed by atoms with Gasteiger partial charge in [0, 0.05) is 25.3 Å². The molecular weight excluding hydrogens is 280 g/mol. The molecule has 0 aliphatic rings. The lowest BCUT2D eigenvalue weighted by Crippen LogP contribution is -2.10.